The second-order valence-electron chi connectivity index (χ2n) is 8.27. The van der Waals surface area contributed by atoms with Crippen LogP contribution in [-0.4, -0.2) is 38.9 Å². The molecule has 0 saturated carbocycles. The number of hydrogen-bond donors (Lipinski definition) is 1. The summed E-state index contributed by atoms with van der Waals surface area (Å²) in [6, 6.07) is 9.66. The Balaban J connectivity index is 1.56. The van der Waals surface area contributed by atoms with Gasteiger partial charge in [-0.1, -0.05) is 12.1 Å². The van der Waals surface area contributed by atoms with Crippen molar-refractivity contribution in [2.45, 2.75) is 31.6 Å². The molecule has 0 amide bonds. The van der Waals surface area contributed by atoms with Gasteiger partial charge < -0.3 is 24.3 Å². The Morgan fingerprint density at radius 2 is 2.03 bits per heavy atom. The van der Waals surface area contributed by atoms with Crippen LogP contribution in [0.1, 0.15) is 42.0 Å². The van der Waals surface area contributed by atoms with Crippen LogP contribution < -0.4 is 14.8 Å². The van der Waals surface area contributed by atoms with Crippen molar-refractivity contribution in [3.8, 4) is 11.5 Å². The van der Waals surface area contributed by atoms with Crippen molar-refractivity contribution in [3.05, 3.63) is 68.7 Å². The van der Waals surface area contributed by atoms with Crippen LogP contribution >= 0.6 is 11.3 Å². The monoisotopic (exact) mass is 467 g/mol. The highest BCUT2D eigenvalue weighted by Gasteiger charge is 2.42. The van der Waals surface area contributed by atoms with E-state index >= 15 is 0 Å². The van der Waals surface area contributed by atoms with Crippen LogP contribution in [0.25, 0.3) is 0 Å². The van der Waals surface area contributed by atoms with Crippen molar-refractivity contribution in [1.29, 1.82) is 0 Å². The number of Topliss-reactive ketones (excluding diaryl/α,β-unsaturated/α-hetero) is 1. The first kappa shape index (κ1) is 21.7. The predicted molar refractivity (Wildman–Crippen MR) is 122 cm³/mol. The van der Waals surface area contributed by atoms with Gasteiger partial charge in [0.15, 0.2) is 17.3 Å². The number of rotatable bonds is 6. The molecule has 3 aliphatic rings. The molecule has 0 radical (unpaired) electrons. The lowest BCUT2D eigenvalue weighted by Crippen LogP contribution is -2.36. The third kappa shape index (κ3) is 4.05. The lowest BCUT2D eigenvalue weighted by Gasteiger charge is -2.36. The average molecular weight is 468 g/mol. The molecule has 2 atom stereocenters. The first-order chi connectivity index (χ1) is 16.1. The molecule has 1 N–H and O–H groups in total. The Morgan fingerprint density at radius 3 is 2.82 bits per heavy atom. The van der Waals surface area contributed by atoms with Gasteiger partial charge in [-0.25, -0.2) is 4.79 Å². The molecule has 2 aliphatic heterocycles. The summed E-state index contributed by atoms with van der Waals surface area (Å²) >= 11 is 1.67. The molecule has 0 spiro atoms. The van der Waals surface area contributed by atoms with Crippen LogP contribution in [-0.2, 0) is 19.1 Å². The standard InChI is InChI=1S/C25H25NO6S/c1-14-22(25(28)30-8-7-29-2)23(15-5-6-19-20(12-15)32-13-31-19)24-17(26-14)10-16(11-18(24)27)21-4-3-9-33-21/h3-6,9,12,16,23,26H,7-8,10-11,13H2,1-2H3/t16-,23-/m0/s1. The van der Waals surface area contributed by atoms with Gasteiger partial charge in [0.25, 0.3) is 0 Å². The van der Waals surface area contributed by atoms with Gasteiger partial charge in [-0.3, -0.25) is 4.79 Å². The summed E-state index contributed by atoms with van der Waals surface area (Å²) in [7, 11) is 1.55. The van der Waals surface area contributed by atoms with Crippen molar-refractivity contribution >= 4 is 23.1 Å². The van der Waals surface area contributed by atoms with Crippen molar-refractivity contribution in [2.75, 3.05) is 27.1 Å². The Morgan fingerprint density at radius 1 is 1.18 bits per heavy atom. The van der Waals surface area contributed by atoms with Crippen LogP contribution in [0.3, 0.4) is 0 Å². The van der Waals surface area contributed by atoms with Crippen LogP contribution in [0.2, 0.25) is 0 Å². The number of carbonyl (C=O) groups excluding carboxylic acids is 2. The van der Waals surface area contributed by atoms with E-state index in [2.05, 4.69) is 11.4 Å². The fourth-order valence-electron chi connectivity index (χ4n) is 4.76. The fraction of sp³-hybridized carbons (Fsp3) is 0.360. The summed E-state index contributed by atoms with van der Waals surface area (Å²) in [6.45, 7) is 2.45. The normalized spacial score (nSPS) is 21.7. The number of allylic oxidation sites excluding steroid dienone is 3. The smallest absolute Gasteiger partial charge is 0.336 e. The number of fused-ring (bicyclic) bond motifs is 1. The molecule has 172 valence electrons. The second-order valence-corrected chi connectivity index (χ2v) is 9.25. The molecule has 1 aliphatic carbocycles. The summed E-state index contributed by atoms with van der Waals surface area (Å²) in [6.07, 6.45) is 1.12. The number of ether oxygens (including phenoxy) is 4. The van der Waals surface area contributed by atoms with Gasteiger partial charge in [0.2, 0.25) is 6.79 Å². The van der Waals surface area contributed by atoms with E-state index in [-0.39, 0.29) is 25.1 Å². The molecule has 0 unspecified atom stereocenters. The summed E-state index contributed by atoms with van der Waals surface area (Å²) in [5.74, 6) is 0.433. The number of dihydropyridines is 1. The van der Waals surface area contributed by atoms with Gasteiger partial charge in [0.1, 0.15) is 6.61 Å². The maximum atomic E-state index is 13.5. The molecule has 1 aromatic heterocycles. The maximum absolute atomic E-state index is 13.5. The first-order valence-electron chi connectivity index (χ1n) is 10.9. The zero-order valence-electron chi connectivity index (χ0n) is 18.5. The van der Waals surface area contributed by atoms with Gasteiger partial charge in [0.05, 0.1) is 12.2 Å². The first-order valence-corrected chi connectivity index (χ1v) is 11.8. The minimum atomic E-state index is -0.539. The number of thiophene rings is 1. The largest absolute Gasteiger partial charge is 0.460 e. The van der Waals surface area contributed by atoms with Crippen molar-refractivity contribution in [2.24, 2.45) is 0 Å². The lowest BCUT2D eigenvalue weighted by molar-refractivity contribution is -0.140. The quantitative estimate of drug-likeness (QED) is 0.507. The zero-order valence-corrected chi connectivity index (χ0v) is 19.3. The minimum Gasteiger partial charge on any atom is -0.460 e. The number of nitrogens with one attached hydrogen (secondary N) is 1. The van der Waals surface area contributed by atoms with Gasteiger partial charge >= 0.3 is 5.97 Å². The fourth-order valence-corrected chi connectivity index (χ4v) is 5.59. The Hall–Kier alpha value is -3.10. The van der Waals surface area contributed by atoms with Gasteiger partial charge in [-0.2, -0.15) is 0 Å². The summed E-state index contributed by atoms with van der Waals surface area (Å²) in [4.78, 5) is 27.9. The van der Waals surface area contributed by atoms with E-state index in [0.29, 0.717) is 47.8 Å². The third-order valence-corrected chi connectivity index (χ3v) is 7.28. The third-order valence-electron chi connectivity index (χ3n) is 6.24. The van der Waals surface area contributed by atoms with Crippen LogP contribution in [0, 0.1) is 0 Å². The van der Waals surface area contributed by atoms with E-state index in [1.54, 1.807) is 18.4 Å². The molecule has 1 aromatic carbocycles. The highest BCUT2D eigenvalue weighted by atomic mass is 32.1. The van der Waals surface area contributed by atoms with E-state index in [9.17, 15) is 9.59 Å². The van der Waals surface area contributed by atoms with E-state index in [0.717, 1.165) is 11.3 Å². The van der Waals surface area contributed by atoms with E-state index < -0.39 is 11.9 Å². The highest BCUT2D eigenvalue weighted by molar-refractivity contribution is 7.10. The molecule has 7 nitrogen and oxygen atoms in total. The maximum Gasteiger partial charge on any atom is 0.336 e. The van der Waals surface area contributed by atoms with Crippen LogP contribution in [0.5, 0.6) is 11.5 Å². The summed E-state index contributed by atoms with van der Waals surface area (Å²) < 4.78 is 21.5. The van der Waals surface area contributed by atoms with Crippen LogP contribution in [0.15, 0.2) is 58.3 Å². The number of ketones is 1. The molecule has 0 fully saturated rings. The van der Waals surface area contributed by atoms with Crippen molar-refractivity contribution in [1.82, 2.24) is 5.32 Å². The summed E-state index contributed by atoms with van der Waals surface area (Å²) in [5.41, 5.74) is 3.43. The molecule has 3 heterocycles. The number of hydrogen-bond acceptors (Lipinski definition) is 8. The molecule has 5 rings (SSSR count). The SMILES string of the molecule is COCCOC(=O)C1=C(C)NC2=C(C(=O)C[C@@H](c3cccs3)C2)[C@H]1c1ccc2c(c1)OCO2. The Bertz CT molecular complexity index is 1150. The summed E-state index contributed by atoms with van der Waals surface area (Å²) in [5, 5.41) is 5.40. The number of methoxy groups -OCH3 is 1. The molecule has 8 heteroatoms. The molecule has 2 aromatic rings. The molecule has 0 saturated heterocycles. The molecule has 0 bridgehead atoms. The molecular weight excluding hydrogens is 442 g/mol. The highest BCUT2D eigenvalue weighted by Crippen LogP contribution is 2.47. The van der Waals surface area contributed by atoms with Crippen molar-refractivity contribution < 1.29 is 28.5 Å². The second kappa shape index (κ2) is 9.03. The zero-order chi connectivity index (χ0) is 22.9. The Labute approximate surface area is 196 Å². The number of carbonyl (C=O) groups is 2. The van der Waals surface area contributed by atoms with E-state index in [1.165, 1.54) is 4.88 Å². The van der Waals surface area contributed by atoms with Gasteiger partial charge in [-0.15, -0.1) is 11.3 Å². The minimum absolute atomic E-state index is 0.0412. The van der Waals surface area contributed by atoms with E-state index in [1.807, 2.05) is 36.6 Å². The van der Waals surface area contributed by atoms with E-state index in [4.69, 9.17) is 18.9 Å². The predicted octanol–water partition coefficient (Wildman–Crippen LogP) is 4.03. The molecule has 33 heavy (non-hydrogen) atoms. The van der Waals surface area contributed by atoms with Crippen molar-refractivity contribution in [3.63, 3.8) is 0 Å². The number of esters is 1. The van der Waals surface area contributed by atoms with Gasteiger partial charge in [-0.05, 0) is 42.5 Å². The molecular formula is C25H25NO6S. The van der Waals surface area contributed by atoms with Gasteiger partial charge in [0, 0.05) is 47.2 Å². The lowest BCUT2D eigenvalue weighted by atomic mass is 9.72. The van der Waals surface area contributed by atoms with Crippen LogP contribution in [0.4, 0.5) is 0 Å². The average Bonchev–Trinajstić information content (AvgIpc) is 3.49. The Kier molecular flexibility index (Phi) is 5.95. The topological polar surface area (TPSA) is 83.1 Å². The number of benzene rings is 1.